The molecule has 2 rings (SSSR count). The number of amidine groups is 1. The minimum Gasteiger partial charge on any atom is -0.409 e. The standard InChI is InChI=1S/C11H14N2O/c1-7-2-3-8-5-10(11(12)13-14)6-9(8)4-7/h2-4,10,14H,5-6H2,1H3,(H2,12,13). The van der Waals surface area contributed by atoms with Gasteiger partial charge in [0.1, 0.15) is 5.84 Å². The molecule has 14 heavy (non-hydrogen) atoms. The Kier molecular flexibility index (Phi) is 2.15. The highest BCUT2D eigenvalue weighted by Gasteiger charge is 2.24. The van der Waals surface area contributed by atoms with Crippen molar-refractivity contribution in [3.63, 3.8) is 0 Å². The average Bonchev–Trinajstić information content (AvgIpc) is 2.59. The van der Waals surface area contributed by atoms with E-state index in [2.05, 4.69) is 30.3 Å². The van der Waals surface area contributed by atoms with Crippen LogP contribution in [-0.2, 0) is 12.8 Å². The van der Waals surface area contributed by atoms with E-state index in [1.807, 2.05) is 0 Å². The van der Waals surface area contributed by atoms with Crippen molar-refractivity contribution in [2.45, 2.75) is 19.8 Å². The summed E-state index contributed by atoms with van der Waals surface area (Å²) >= 11 is 0. The quantitative estimate of drug-likeness (QED) is 0.305. The summed E-state index contributed by atoms with van der Waals surface area (Å²) < 4.78 is 0. The van der Waals surface area contributed by atoms with Crippen LogP contribution in [0.2, 0.25) is 0 Å². The molecule has 1 aromatic rings. The van der Waals surface area contributed by atoms with Crippen molar-refractivity contribution >= 4 is 5.84 Å². The lowest BCUT2D eigenvalue weighted by Crippen LogP contribution is -2.23. The Morgan fingerprint density at radius 2 is 2.14 bits per heavy atom. The van der Waals surface area contributed by atoms with Crippen LogP contribution in [-0.4, -0.2) is 11.0 Å². The molecule has 3 nitrogen and oxygen atoms in total. The van der Waals surface area contributed by atoms with Gasteiger partial charge in [0.25, 0.3) is 0 Å². The maximum absolute atomic E-state index is 8.59. The second-order valence-electron chi connectivity index (χ2n) is 3.90. The zero-order valence-electron chi connectivity index (χ0n) is 8.20. The Balaban J connectivity index is 2.26. The number of hydrogen-bond acceptors (Lipinski definition) is 2. The van der Waals surface area contributed by atoms with Gasteiger partial charge in [-0.1, -0.05) is 28.9 Å². The molecule has 1 atom stereocenters. The molecule has 0 bridgehead atoms. The van der Waals surface area contributed by atoms with E-state index in [9.17, 15) is 0 Å². The zero-order valence-corrected chi connectivity index (χ0v) is 8.20. The molecule has 74 valence electrons. The Hall–Kier alpha value is -1.51. The first-order valence-electron chi connectivity index (χ1n) is 4.76. The summed E-state index contributed by atoms with van der Waals surface area (Å²) in [5, 5.41) is 11.7. The summed E-state index contributed by atoms with van der Waals surface area (Å²) in [5.41, 5.74) is 9.52. The molecule has 0 aromatic heterocycles. The molecule has 0 heterocycles. The van der Waals surface area contributed by atoms with Crippen LogP contribution in [0.1, 0.15) is 16.7 Å². The molecule has 3 heteroatoms. The molecule has 0 amide bonds. The van der Waals surface area contributed by atoms with Crippen LogP contribution in [0, 0.1) is 12.8 Å². The molecule has 1 aliphatic rings. The van der Waals surface area contributed by atoms with E-state index in [-0.39, 0.29) is 5.92 Å². The van der Waals surface area contributed by atoms with E-state index in [4.69, 9.17) is 10.9 Å². The SMILES string of the molecule is Cc1ccc2c(c1)CC(/C(N)=N/O)C2. The summed E-state index contributed by atoms with van der Waals surface area (Å²) in [4.78, 5) is 0. The molecule has 1 unspecified atom stereocenters. The molecule has 0 spiro atoms. The maximum atomic E-state index is 8.59. The highest BCUT2D eigenvalue weighted by molar-refractivity contribution is 5.83. The number of hydrogen-bond donors (Lipinski definition) is 2. The van der Waals surface area contributed by atoms with Crippen molar-refractivity contribution in [1.29, 1.82) is 0 Å². The van der Waals surface area contributed by atoms with Gasteiger partial charge < -0.3 is 10.9 Å². The summed E-state index contributed by atoms with van der Waals surface area (Å²) in [6.07, 6.45) is 1.79. The Labute approximate surface area is 83.2 Å². The molecule has 1 aromatic carbocycles. The van der Waals surface area contributed by atoms with Gasteiger partial charge in [0, 0.05) is 5.92 Å². The first-order chi connectivity index (χ1) is 6.70. The molecule has 0 aliphatic heterocycles. The van der Waals surface area contributed by atoms with E-state index < -0.39 is 0 Å². The van der Waals surface area contributed by atoms with Gasteiger partial charge in [-0.3, -0.25) is 0 Å². The fourth-order valence-electron chi connectivity index (χ4n) is 2.04. The van der Waals surface area contributed by atoms with Gasteiger partial charge in [0.2, 0.25) is 0 Å². The third-order valence-electron chi connectivity index (χ3n) is 2.83. The second kappa shape index (κ2) is 3.33. The van der Waals surface area contributed by atoms with Crippen molar-refractivity contribution in [3.8, 4) is 0 Å². The second-order valence-corrected chi connectivity index (χ2v) is 3.90. The zero-order chi connectivity index (χ0) is 10.1. The first-order valence-corrected chi connectivity index (χ1v) is 4.76. The molecular formula is C11H14N2O. The number of fused-ring (bicyclic) bond motifs is 1. The first kappa shape index (κ1) is 9.06. The van der Waals surface area contributed by atoms with Gasteiger partial charge in [0.15, 0.2) is 0 Å². The van der Waals surface area contributed by atoms with E-state index in [1.165, 1.54) is 16.7 Å². The van der Waals surface area contributed by atoms with Crippen molar-refractivity contribution in [1.82, 2.24) is 0 Å². The highest BCUT2D eigenvalue weighted by atomic mass is 16.4. The predicted molar refractivity (Wildman–Crippen MR) is 55.5 cm³/mol. The van der Waals surface area contributed by atoms with Crippen LogP contribution in [0.15, 0.2) is 23.4 Å². The van der Waals surface area contributed by atoms with Crippen molar-refractivity contribution in [2.24, 2.45) is 16.8 Å². The topological polar surface area (TPSA) is 58.6 Å². The lowest BCUT2D eigenvalue weighted by Gasteiger charge is -2.04. The van der Waals surface area contributed by atoms with Gasteiger partial charge in [0.05, 0.1) is 0 Å². The third-order valence-corrected chi connectivity index (χ3v) is 2.83. The number of oxime groups is 1. The van der Waals surface area contributed by atoms with Gasteiger partial charge >= 0.3 is 0 Å². The highest BCUT2D eigenvalue weighted by Crippen LogP contribution is 2.27. The normalized spacial score (nSPS) is 20.9. The predicted octanol–water partition coefficient (Wildman–Crippen LogP) is 1.46. The van der Waals surface area contributed by atoms with Gasteiger partial charge in [-0.05, 0) is 30.9 Å². The molecule has 0 saturated carbocycles. The molecule has 0 saturated heterocycles. The van der Waals surface area contributed by atoms with Crippen LogP contribution in [0.3, 0.4) is 0 Å². The maximum Gasteiger partial charge on any atom is 0.142 e. The van der Waals surface area contributed by atoms with Gasteiger partial charge in [-0.2, -0.15) is 0 Å². The van der Waals surface area contributed by atoms with Crippen LogP contribution < -0.4 is 5.73 Å². The number of aryl methyl sites for hydroxylation is 1. The minimum absolute atomic E-state index is 0.178. The molecule has 1 aliphatic carbocycles. The van der Waals surface area contributed by atoms with E-state index in [1.54, 1.807) is 0 Å². The van der Waals surface area contributed by atoms with Crippen molar-refractivity contribution in [2.75, 3.05) is 0 Å². The summed E-state index contributed by atoms with van der Waals surface area (Å²) in [5.74, 6) is 0.524. The van der Waals surface area contributed by atoms with E-state index in [0.29, 0.717) is 5.84 Å². The molecule has 3 N–H and O–H groups in total. The third kappa shape index (κ3) is 1.45. The lowest BCUT2D eigenvalue weighted by molar-refractivity contribution is 0.314. The number of nitrogens with two attached hydrogens (primary N) is 1. The number of benzene rings is 1. The summed E-state index contributed by atoms with van der Waals surface area (Å²) in [6, 6.07) is 6.42. The smallest absolute Gasteiger partial charge is 0.142 e. The number of rotatable bonds is 1. The van der Waals surface area contributed by atoms with Crippen LogP contribution in [0.25, 0.3) is 0 Å². The average molecular weight is 190 g/mol. The fraction of sp³-hybridized carbons (Fsp3) is 0.364. The van der Waals surface area contributed by atoms with Crippen LogP contribution in [0.5, 0.6) is 0 Å². The Morgan fingerprint density at radius 3 is 2.86 bits per heavy atom. The summed E-state index contributed by atoms with van der Waals surface area (Å²) in [6.45, 7) is 2.08. The monoisotopic (exact) mass is 190 g/mol. The molecule has 0 fully saturated rings. The van der Waals surface area contributed by atoms with Gasteiger partial charge in [-0.15, -0.1) is 0 Å². The summed E-state index contributed by atoms with van der Waals surface area (Å²) in [7, 11) is 0. The van der Waals surface area contributed by atoms with Crippen LogP contribution >= 0.6 is 0 Å². The minimum atomic E-state index is 0.178. The van der Waals surface area contributed by atoms with Crippen molar-refractivity contribution in [3.05, 3.63) is 34.9 Å². The van der Waals surface area contributed by atoms with Crippen molar-refractivity contribution < 1.29 is 5.21 Å². The molecule has 0 radical (unpaired) electrons. The van der Waals surface area contributed by atoms with E-state index in [0.717, 1.165) is 12.8 Å². The van der Waals surface area contributed by atoms with E-state index >= 15 is 0 Å². The Bertz CT molecular complexity index is 385. The molecular weight excluding hydrogens is 176 g/mol. The number of nitrogens with zero attached hydrogens (tertiary/aromatic N) is 1. The fourth-order valence-corrected chi connectivity index (χ4v) is 2.04. The largest absolute Gasteiger partial charge is 0.409 e. The van der Waals surface area contributed by atoms with Gasteiger partial charge in [-0.25, -0.2) is 0 Å². The Morgan fingerprint density at radius 1 is 1.43 bits per heavy atom. The van der Waals surface area contributed by atoms with Crippen LogP contribution in [0.4, 0.5) is 0 Å². The lowest BCUT2D eigenvalue weighted by atomic mass is 10.1.